The fourth-order valence-corrected chi connectivity index (χ4v) is 3.01. The molecule has 19 heavy (non-hydrogen) atoms. The van der Waals surface area contributed by atoms with E-state index in [-0.39, 0.29) is 0 Å². The van der Waals surface area contributed by atoms with Gasteiger partial charge in [0.15, 0.2) is 0 Å². The van der Waals surface area contributed by atoms with E-state index >= 15 is 0 Å². The van der Waals surface area contributed by atoms with Crippen LogP contribution in [0.4, 0.5) is 0 Å². The second-order valence-corrected chi connectivity index (χ2v) is 6.48. The number of thioether (sulfide) groups is 1. The highest BCUT2D eigenvalue weighted by molar-refractivity contribution is 7.99. The Morgan fingerprint density at radius 2 is 2.11 bits per heavy atom. The SMILES string of the molecule is CCNC(C)(C#N)CCCSc1ccc(Cl)c(Cl)c1. The van der Waals surface area contributed by atoms with E-state index < -0.39 is 5.54 Å². The maximum atomic E-state index is 9.15. The second kappa shape index (κ2) is 8.01. The zero-order valence-corrected chi connectivity index (χ0v) is 13.5. The zero-order chi connectivity index (χ0) is 14.3. The number of benzene rings is 1. The summed E-state index contributed by atoms with van der Waals surface area (Å²) in [5.41, 5.74) is -0.424. The van der Waals surface area contributed by atoms with Crippen LogP contribution in [0.1, 0.15) is 26.7 Å². The van der Waals surface area contributed by atoms with Crippen molar-refractivity contribution < 1.29 is 0 Å². The zero-order valence-electron chi connectivity index (χ0n) is 11.2. The van der Waals surface area contributed by atoms with Gasteiger partial charge < -0.3 is 0 Å². The molecule has 0 amide bonds. The lowest BCUT2D eigenvalue weighted by Gasteiger charge is -2.22. The van der Waals surface area contributed by atoms with Gasteiger partial charge in [0.2, 0.25) is 0 Å². The van der Waals surface area contributed by atoms with Crippen molar-refractivity contribution in [2.75, 3.05) is 12.3 Å². The van der Waals surface area contributed by atoms with Gasteiger partial charge in [0.1, 0.15) is 5.54 Å². The molecule has 0 aliphatic carbocycles. The minimum absolute atomic E-state index is 0.424. The third-order valence-electron chi connectivity index (χ3n) is 2.79. The Morgan fingerprint density at radius 3 is 2.68 bits per heavy atom. The Labute approximate surface area is 129 Å². The van der Waals surface area contributed by atoms with Gasteiger partial charge in [-0.15, -0.1) is 11.8 Å². The standard InChI is InChI=1S/C14H18Cl2N2S/c1-3-18-14(2,10-17)7-4-8-19-11-5-6-12(15)13(16)9-11/h5-6,9,18H,3-4,7-8H2,1-2H3. The van der Waals surface area contributed by atoms with E-state index in [2.05, 4.69) is 11.4 Å². The molecule has 0 saturated heterocycles. The first-order valence-corrected chi connectivity index (χ1v) is 7.99. The summed E-state index contributed by atoms with van der Waals surface area (Å²) in [4.78, 5) is 1.11. The number of nitrogens with zero attached hydrogens (tertiary/aromatic N) is 1. The molecule has 1 N–H and O–H groups in total. The Morgan fingerprint density at radius 1 is 1.37 bits per heavy atom. The first-order chi connectivity index (χ1) is 9.00. The molecule has 0 aliphatic rings. The van der Waals surface area contributed by atoms with E-state index in [9.17, 15) is 0 Å². The highest BCUT2D eigenvalue weighted by Crippen LogP contribution is 2.28. The van der Waals surface area contributed by atoms with Crippen molar-refractivity contribution >= 4 is 35.0 Å². The van der Waals surface area contributed by atoms with Crippen molar-refractivity contribution in [1.29, 1.82) is 5.26 Å². The molecule has 5 heteroatoms. The second-order valence-electron chi connectivity index (χ2n) is 4.50. The maximum absolute atomic E-state index is 9.15. The van der Waals surface area contributed by atoms with Crippen LogP contribution in [0.5, 0.6) is 0 Å². The van der Waals surface area contributed by atoms with Gasteiger partial charge in [-0.2, -0.15) is 5.26 Å². The molecule has 0 fully saturated rings. The lowest BCUT2D eigenvalue weighted by molar-refractivity contribution is 0.426. The Balaban J connectivity index is 2.38. The summed E-state index contributed by atoms with van der Waals surface area (Å²) >= 11 is 13.6. The molecule has 1 rings (SSSR count). The smallest absolute Gasteiger partial charge is 0.103 e. The molecule has 1 unspecified atom stereocenters. The molecule has 1 aromatic carbocycles. The third-order valence-corrected chi connectivity index (χ3v) is 4.61. The molecule has 1 aromatic rings. The van der Waals surface area contributed by atoms with Crippen molar-refractivity contribution in [3.05, 3.63) is 28.2 Å². The van der Waals surface area contributed by atoms with Crippen molar-refractivity contribution in [2.24, 2.45) is 0 Å². The lowest BCUT2D eigenvalue weighted by Crippen LogP contribution is -2.40. The van der Waals surface area contributed by atoms with Crippen LogP contribution in [0.2, 0.25) is 10.0 Å². The van der Waals surface area contributed by atoms with E-state index in [1.54, 1.807) is 11.8 Å². The molecular formula is C14H18Cl2N2S. The molecule has 0 aromatic heterocycles. The number of halogens is 2. The summed E-state index contributed by atoms with van der Waals surface area (Å²) < 4.78 is 0. The number of rotatable bonds is 7. The minimum Gasteiger partial charge on any atom is -0.300 e. The van der Waals surface area contributed by atoms with Crippen LogP contribution in [-0.2, 0) is 0 Å². The highest BCUT2D eigenvalue weighted by atomic mass is 35.5. The predicted molar refractivity (Wildman–Crippen MR) is 84.1 cm³/mol. The van der Waals surface area contributed by atoms with Crippen molar-refractivity contribution in [3.63, 3.8) is 0 Å². The average molecular weight is 317 g/mol. The van der Waals surface area contributed by atoms with Crippen LogP contribution in [0, 0.1) is 11.3 Å². The normalized spacial score (nSPS) is 13.8. The summed E-state index contributed by atoms with van der Waals surface area (Å²) in [6, 6.07) is 7.99. The molecule has 0 bridgehead atoms. The summed E-state index contributed by atoms with van der Waals surface area (Å²) in [5.74, 6) is 0.959. The average Bonchev–Trinajstić information content (AvgIpc) is 2.39. The van der Waals surface area contributed by atoms with Crippen LogP contribution in [0.3, 0.4) is 0 Å². The topological polar surface area (TPSA) is 35.8 Å². The molecular weight excluding hydrogens is 299 g/mol. The fraction of sp³-hybridized carbons (Fsp3) is 0.500. The molecule has 0 heterocycles. The molecule has 0 spiro atoms. The van der Waals surface area contributed by atoms with Crippen molar-refractivity contribution in [1.82, 2.24) is 5.32 Å². The number of hydrogen-bond acceptors (Lipinski definition) is 3. The number of hydrogen-bond donors (Lipinski definition) is 1. The van der Waals surface area contributed by atoms with Gasteiger partial charge in [0.25, 0.3) is 0 Å². The van der Waals surface area contributed by atoms with Gasteiger partial charge in [-0.1, -0.05) is 30.1 Å². The van der Waals surface area contributed by atoms with Gasteiger partial charge >= 0.3 is 0 Å². The van der Waals surface area contributed by atoms with Crippen molar-refractivity contribution in [3.8, 4) is 6.07 Å². The van der Waals surface area contributed by atoms with Crippen LogP contribution < -0.4 is 5.32 Å². The van der Waals surface area contributed by atoms with E-state index in [4.69, 9.17) is 28.5 Å². The maximum Gasteiger partial charge on any atom is 0.103 e. The largest absolute Gasteiger partial charge is 0.300 e. The van der Waals surface area contributed by atoms with E-state index in [0.717, 1.165) is 30.0 Å². The summed E-state index contributed by atoms with van der Waals surface area (Å²) in [5, 5.41) is 13.5. The first-order valence-electron chi connectivity index (χ1n) is 6.25. The number of nitrogens with one attached hydrogen (secondary N) is 1. The molecule has 1 atom stereocenters. The molecule has 0 radical (unpaired) electrons. The van der Waals surface area contributed by atoms with Crippen molar-refractivity contribution in [2.45, 2.75) is 37.1 Å². The Bertz CT molecular complexity index is 459. The molecule has 0 aliphatic heterocycles. The predicted octanol–water partition coefficient (Wildman–Crippen LogP) is 4.76. The van der Waals surface area contributed by atoms with Crippen LogP contribution >= 0.6 is 35.0 Å². The van der Waals surface area contributed by atoms with Crippen LogP contribution in [-0.4, -0.2) is 17.8 Å². The quantitative estimate of drug-likeness (QED) is 0.582. The highest BCUT2D eigenvalue weighted by Gasteiger charge is 2.21. The molecule has 0 saturated carbocycles. The van der Waals surface area contributed by atoms with E-state index in [1.165, 1.54) is 0 Å². The van der Waals surface area contributed by atoms with Gasteiger partial charge in [0, 0.05) is 4.90 Å². The van der Waals surface area contributed by atoms with Gasteiger partial charge in [-0.25, -0.2) is 0 Å². The van der Waals surface area contributed by atoms with Gasteiger partial charge in [-0.05, 0) is 50.3 Å². The summed E-state index contributed by atoms with van der Waals surface area (Å²) in [6.07, 6.45) is 1.81. The van der Waals surface area contributed by atoms with E-state index in [0.29, 0.717) is 10.0 Å². The summed E-state index contributed by atoms with van der Waals surface area (Å²) in [7, 11) is 0. The third kappa shape index (κ3) is 5.62. The van der Waals surface area contributed by atoms with Gasteiger partial charge in [0.05, 0.1) is 16.1 Å². The first kappa shape index (κ1) is 16.7. The monoisotopic (exact) mass is 316 g/mol. The van der Waals surface area contributed by atoms with Crippen LogP contribution in [0.15, 0.2) is 23.1 Å². The lowest BCUT2D eigenvalue weighted by atomic mass is 9.98. The van der Waals surface area contributed by atoms with Crippen LogP contribution in [0.25, 0.3) is 0 Å². The summed E-state index contributed by atoms with van der Waals surface area (Å²) in [6.45, 7) is 4.77. The number of nitriles is 1. The molecule has 104 valence electrons. The van der Waals surface area contributed by atoms with E-state index in [1.807, 2.05) is 32.0 Å². The Kier molecular flexibility index (Phi) is 7.02. The van der Waals surface area contributed by atoms with Gasteiger partial charge in [-0.3, -0.25) is 5.32 Å². The minimum atomic E-state index is -0.424. The molecule has 2 nitrogen and oxygen atoms in total. The Hall–Kier alpha value is -0.400. The fourth-order valence-electron chi connectivity index (χ4n) is 1.76.